The summed E-state index contributed by atoms with van der Waals surface area (Å²) >= 11 is 0. The molecule has 45 heavy (non-hydrogen) atoms. The molecule has 0 aliphatic carbocycles. The topological polar surface area (TPSA) is 123 Å². The minimum atomic E-state index is -3.63. The number of nitrogens with one attached hydrogen (secondary N) is 1. The maximum absolute atomic E-state index is 12.5. The Morgan fingerprint density at radius 2 is 1.29 bits per heavy atom. The Kier molecular flexibility index (Phi) is 26.0. The van der Waals surface area contributed by atoms with Gasteiger partial charge in [-0.1, -0.05) is 103 Å². The lowest BCUT2D eigenvalue weighted by molar-refractivity contribution is -0.701. The third-order valence-corrected chi connectivity index (χ3v) is 9.17. The van der Waals surface area contributed by atoms with Crippen molar-refractivity contribution in [3.05, 3.63) is 30.1 Å². The summed E-state index contributed by atoms with van der Waals surface area (Å²) in [5.74, 6) is -1.32. The first-order valence-corrected chi connectivity index (χ1v) is 18.6. The van der Waals surface area contributed by atoms with Crippen molar-refractivity contribution in [1.29, 1.82) is 0 Å². The molecule has 1 rings (SSSR count). The van der Waals surface area contributed by atoms with Crippen molar-refractivity contribution in [2.75, 3.05) is 31.3 Å². The van der Waals surface area contributed by atoms with Crippen molar-refractivity contribution in [3.63, 3.8) is 0 Å². The second-order valence-electron chi connectivity index (χ2n) is 11.4. The smallest absolute Gasteiger partial charge is 0.417 e. The fourth-order valence-electron chi connectivity index (χ4n) is 4.87. The highest BCUT2D eigenvalue weighted by Crippen LogP contribution is 2.13. The van der Waals surface area contributed by atoms with Gasteiger partial charge >= 0.3 is 12.2 Å². The minimum Gasteiger partial charge on any atom is -1.00 e. The fraction of sp³-hybridized carbons (Fsp3) is 0.758. The number of alkyl carbamates (subject to hydrolysis) is 1. The first-order valence-electron chi connectivity index (χ1n) is 16.7. The molecular formula is C33H58IN3O7S. The summed E-state index contributed by atoms with van der Waals surface area (Å²) in [7, 11) is -3.63. The van der Waals surface area contributed by atoms with Crippen molar-refractivity contribution in [3.8, 4) is 0 Å². The van der Waals surface area contributed by atoms with Gasteiger partial charge in [-0.3, -0.25) is 4.79 Å². The Morgan fingerprint density at radius 1 is 0.778 bits per heavy atom. The van der Waals surface area contributed by atoms with Crippen LogP contribution < -0.4 is 33.9 Å². The number of unbranched alkanes of at least 4 members (excludes halogenated alkanes) is 14. The van der Waals surface area contributed by atoms with E-state index >= 15 is 0 Å². The predicted octanol–water partition coefficient (Wildman–Crippen LogP) is 3.50. The summed E-state index contributed by atoms with van der Waals surface area (Å²) in [5.41, 5.74) is 0.741. The number of hydrogen-bond acceptors (Lipinski definition) is 7. The van der Waals surface area contributed by atoms with Crippen LogP contribution in [0.1, 0.15) is 123 Å². The number of ether oxygens (including phenoxy) is 2. The van der Waals surface area contributed by atoms with Gasteiger partial charge in [-0.05, 0) is 13.3 Å². The third-order valence-electron chi connectivity index (χ3n) is 7.59. The zero-order chi connectivity index (χ0) is 32.5. The second-order valence-corrected chi connectivity index (χ2v) is 13.7. The standard InChI is InChI=1S/C33H57N3O7S.HI/c1-4-6-7-8-9-10-11-12-13-14-15-16-17-18-20-23-34-32(38)42-25-27-44(40,41)28-26-43-33(39)36(30(3)37)29-31-22-19-21-24-35(31)5-2;/h19,21-22,24H,4-18,20,23,25-29H2,1-3H3;1H. The number of pyridine rings is 1. The molecular weight excluding hydrogens is 709 g/mol. The molecule has 0 unspecified atom stereocenters. The number of aromatic nitrogens is 1. The van der Waals surface area contributed by atoms with E-state index < -0.39 is 40.3 Å². The molecule has 10 nitrogen and oxygen atoms in total. The van der Waals surface area contributed by atoms with E-state index in [4.69, 9.17) is 9.47 Å². The third kappa shape index (κ3) is 22.2. The van der Waals surface area contributed by atoms with Crippen LogP contribution in [0.5, 0.6) is 0 Å². The molecule has 0 aliphatic rings. The Hall–Kier alpha value is -1.96. The molecule has 0 fully saturated rings. The average molecular weight is 768 g/mol. The Labute approximate surface area is 289 Å². The molecule has 1 aromatic rings. The molecule has 260 valence electrons. The largest absolute Gasteiger partial charge is 1.00 e. The number of hydrogen-bond donors (Lipinski definition) is 1. The van der Waals surface area contributed by atoms with E-state index in [1.807, 2.05) is 23.8 Å². The highest BCUT2D eigenvalue weighted by atomic mass is 127. The van der Waals surface area contributed by atoms with E-state index in [0.717, 1.165) is 29.9 Å². The van der Waals surface area contributed by atoms with Crippen LogP contribution in [0.2, 0.25) is 0 Å². The summed E-state index contributed by atoms with van der Waals surface area (Å²) in [6.07, 6.45) is 19.4. The summed E-state index contributed by atoms with van der Waals surface area (Å²) in [5, 5.41) is 2.66. The molecule has 12 heteroatoms. The summed E-state index contributed by atoms with van der Waals surface area (Å²) < 4.78 is 36.6. The molecule has 0 bridgehead atoms. The Balaban J connectivity index is 0.0000194. The van der Waals surface area contributed by atoms with Gasteiger partial charge < -0.3 is 38.8 Å². The van der Waals surface area contributed by atoms with Crippen LogP contribution in [0.25, 0.3) is 0 Å². The number of carbonyl (C=O) groups is 3. The molecule has 0 aliphatic heterocycles. The number of nitrogens with zero attached hydrogens (tertiary/aromatic N) is 2. The zero-order valence-electron chi connectivity index (χ0n) is 27.9. The molecule has 0 saturated heterocycles. The normalized spacial score (nSPS) is 11.0. The number of amides is 3. The van der Waals surface area contributed by atoms with E-state index in [1.54, 1.807) is 12.1 Å². The van der Waals surface area contributed by atoms with Gasteiger partial charge in [0.25, 0.3) is 0 Å². The van der Waals surface area contributed by atoms with E-state index in [2.05, 4.69) is 12.2 Å². The van der Waals surface area contributed by atoms with Crippen molar-refractivity contribution >= 4 is 27.9 Å². The van der Waals surface area contributed by atoms with E-state index in [0.29, 0.717) is 13.1 Å². The SMILES string of the molecule is CCCCCCCCCCCCCCCCCNC(=O)OCCS(=O)(=O)CCOC(=O)N(Cc1cccc[n+]1CC)C(C)=O.[I-]. The monoisotopic (exact) mass is 767 g/mol. The lowest BCUT2D eigenvalue weighted by Gasteiger charge is -2.17. The average Bonchev–Trinajstić information content (AvgIpc) is 2.99. The van der Waals surface area contributed by atoms with E-state index in [9.17, 15) is 22.8 Å². The molecule has 1 aromatic heterocycles. The van der Waals surface area contributed by atoms with Crippen LogP contribution >= 0.6 is 0 Å². The number of rotatable bonds is 25. The molecule has 0 radical (unpaired) electrons. The van der Waals surface area contributed by atoms with Crippen LogP contribution in [0.3, 0.4) is 0 Å². The Morgan fingerprint density at radius 3 is 1.80 bits per heavy atom. The van der Waals surface area contributed by atoms with Gasteiger partial charge in [0.2, 0.25) is 11.6 Å². The van der Waals surface area contributed by atoms with Gasteiger partial charge in [-0.2, -0.15) is 0 Å². The van der Waals surface area contributed by atoms with E-state index in [-0.39, 0.29) is 42.9 Å². The number of carbonyl (C=O) groups excluding carboxylic acids is 3. The molecule has 0 aromatic carbocycles. The number of halogens is 1. The molecule has 0 spiro atoms. The van der Waals surface area contributed by atoms with Crippen molar-refractivity contribution in [2.45, 2.75) is 130 Å². The number of sulfone groups is 1. The van der Waals surface area contributed by atoms with Gasteiger partial charge in [0, 0.05) is 25.6 Å². The van der Waals surface area contributed by atoms with Gasteiger partial charge in [0.05, 0.1) is 11.5 Å². The van der Waals surface area contributed by atoms with Crippen LogP contribution in [0, 0.1) is 0 Å². The highest BCUT2D eigenvalue weighted by molar-refractivity contribution is 7.91. The molecule has 1 N–H and O–H groups in total. The maximum atomic E-state index is 12.5. The molecule has 0 saturated carbocycles. The van der Waals surface area contributed by atoms with Crippen LogP contribution in [-0.2, 0) is 37.2 Å². The lowest BCUT2D eigenvalue weighted by atomic mass is 10.0. The van der Waals surface area contributed by atoms with Crippen molar-refractivity contribution < 1.29 is 60.8 Å². The van der Waals surface area contributed by atoms with Gasteiger partial charge in [-0.15, -0.1) is 0 Å². The number of imide groups is 1. The maximum Gasteiger partial charge on any atom is 0.417 e. The first-order chi connectivity index (χ1) is 21.2. The first kappa shape index (κ1) is 43.0. The van der Waals surface area contributed by atoms with Gasteiger partial charge in [-0.25, -0.2) is 27.5 Å². The Bertz CT molecular complexity index is 1060. The lowest BCUT2D eigenvalue weighted by Crippen LogP contribution is -3.00. The van der Waals surface area contributed by atoms with Crippen LogP contribution in [0.15, 0.2) is 24.4 Å². The quantitative estimate of drug-likeness (QED) is 0.0919. The highest BCUT2D eigenvalue weighted by Gasteiger charge is 2.24. The van der Waals surface area contributed by atoms with Crippen molar-refractivity contribution in [2.24, 2.45) is 0 Å². The summed E-state index contributed by atoms with van der Waals surface area (Å²) in [4.78, 5) is 37.3. The van der Waals surface area contributed by atoms with E-state index in [1.165, 1.54) is 84.0 Å². The van der Waals surface area contributed by atoms with Crippen LogP contribution in [-0.4, -0.2) is 62.7 Å². The summed E-state index contributed by atoms with van der Waals surface area (Å²) in [6, 6.07) is 5.46. The fourth-order valence-corrected chi connectivity index (χ4v) is 5.74. The molecule has 3 amide bonds. The van der Waals surface area contributed by atoms with Gasteiger partial charge in [0.15, 0.2) is 16.0 Å². The van der Waals surface area contributed by atoms with Gasteiger partial charge in [0.1, 0.15) is 26.3 Å². The van der Waals surface area contributed by atoms with Crippen molar-refractivity contribution in [1.82, 2.24) is 10.2 Å². The molecule has 0 atom stereocenters. The second kappa shape index (κ2) is 27.2. The van der Waals surface area contributed by atoms with Crippen LogP contribution in [0.4, 0.5) is 9.59 Å². The summed E-state index contributed by atoms with van der Waals surface area (Å²) in [6.45, 7) is 5.92. The minimum absolute atomic E-state index is 0. The molecule has 1 heterocycles. The predicted molar refractivity (Wildman–Crippen MR) is 173 cm³/mol. The zero-order valence-corrected chi connectivity index (χ0v) is 30.9. The number of aryl methyl sites for hydroxylation is 1.